The SMILES string of the molecule is COC(=O)N1c2ccc(-c3cnn(C4CCNCC4)c3)c(Oc3ccc(F)c(C#N)c3)c2CC[C@@H]1C. The molecule has 0 radical (unpaired) electrons. The number of ether oxygens (including phenoxy) is 2. The van der Waals surface area contributed by atoms with Crippen LogP contribution in [0.2, 0.25) is 0 Å². The van der Waals surface area contributed by atoms with Crippen LogP contribution in [0.15, 0.2) is 42.7 Å². The maximum atomic E-state index is 14.0. The number of methoxy groups -OCH3 is 1. The second kappa shape index (κ2) is 9.99. The molecule has 1 amide bonds. The summed E-state index contributed by atoms with van der Waals surface area (Å²) in [6.45, 7) is 3.90. The van der Waals surface area contributed by atoms with Crippen LogP contribution in [0.25, 0.3) is 11.1 Å². The van der Waals surface area contributed by atoms with Crippen molar-refractivity contribution in [2.24, 2.45) is 0 Å². The number of amides is 1. The number of halogens is 1. The van der Waals surface area contributed by atoms with Crippen molar-refractivity contribution in [2.75, 3.05) is 25.1 Å². The van der Waals surface area contributed by atoms with Crippen molar-refractivity contribution in [2.45, 2.75) is 44.7 Å². The van der Waals surface area contributed by atoms with E-state index in [2.05, 4.69) is 10.4 Å². The van der Waals surface area contributed by atoms with E-state index in [0.29, 0.717) is 29.6 Å². The fourth-order valence-corrected chi connectivity index (χ4v) is 5.04. The highest BCUT2D eigenvalue weighted by Crippen LogP contribution is 2.45. The summed E-state index contributed by atoms with van der Waals surface area (Å²) in [4.78, 5) is 14.3. The predicted molar refractivity (Wildman–Crippen MR) is 133 cm³/mol. The molecule has 1 N–H and O–H groups in total. The van der Waals surface area contributed by atoms with Crippen LogP contribution < -0.4 is 15.0 Å². The number of piperidine rings is 1. The fourth-order valence-electron chi connectivity index (χ4n) is 5.04. The van der Waals surface area contributed by atoms with E-state index in [1.165, 1.54) is 25.3 Å². The molecule has 0 spiro atoms. The van der Waals surface area contributed by atoms with E-state index in [9.17, 15) is 14.4 Å². The number of carbonyl (C=O) groups excluding carboxylic acids is 1. The number of nitrogens with zero attached hydrogens (tertiary/aromatic N) is 4. The first-order valence-corrected chi connectivity index (χ1v) is 12.2. The van der Waals surface area contributed by atoms with Crippen molar-refractivity contribution >= 4 is 11.8 Å². The van der Waals surface area contributed by atoms with Crippen molar-refractivity contribution in [3.63, 3.8) is 0 Å². The summed E-state index contributed by atoms with van der Waals surface area (Å²) < 4.78 is 27.4. The summed E-state index contributed by atoms with van der Waals surface area (Å²) in [5, 5.41) is 17.3. The third-order valence-corrected chi connectivity index (χ3v) is 6.99. The Balaban J connectivity index is 1.61. The highest BCUT2D eigenvalue weighted by molar-refractivity contribution is 5.92. The van der Waals surface area contributed by atoms with Gasteiger partial charge in [0, 0.05) is 35.0 Å². The number of benzene rings is 2. The smallest absolute Gasteiger partial charge is 0.414 e. The van der Waals surface area contributed by atoms with E-state index in [0.717, 1.165) is 49.0 Å². The molecule has 2 aromatic carbocycles. The first-order valence-electron chi connectivity index (χ1n) is 12.2. The van der Waals surface area contributed by atoms with Crippen molar-refractivity contribution < 1.29 is 18.7 Å². The van der Waals surface area contributed by atoms with Gasteiger partial charge in [0.2, 0.25) is 0 Å². The van der Waals surface area contributed by atoms with E-state index in [1.807, 2.05) is 42.2 Å². The summed E-state index contributed by atoms with van der Waals surface area (Å²) in [6, 6.07) is 10.1. The molecule has 5 rings (SSSR count). The van der Waals surface area contributed by atoms with Gasteiger partial charge in [-0.25, -0.2) is 9.18 Å². The summed E-state index contributed by atoms with van der Waals surface area (Å²) in [7, 11) is 1.37. The third kappa shape index (κ3) is 4.40. The number of hydrogen-bond donors (Lipinski definition) is 1. The molecular weight excluding hydrogens is 461 g/mol. The fraction of sp³-hybridized carbons (Fsp3) is 0.370. The molecule has 1 fully saturated rings. The van der Waals surface area contributed by atoms with Gasteiger partial charge >= 0.3 is 6.09 Å². The molecule has 0 saturated carbocycles. The van der Waals surface area contributed by atoms with Gasteiger partial charge in [-0.3, -0.25) is 9.58 Å². The van der Waals surface area contributed by atoms with Crippen molar-refractivity contribution in [3.05, 3.63) is 59.7 Å². The molecule has 1 aromatic heterocycles. The topological polar surface area (TPSA) is 92.4 Å². The Morgan fingerprint density at radius 3 is 2.78 bits per heavy atom. The van der Waals surface area contributed by atoms with E-state index < -0.39 is 11.9 Å². The molecule has 0 unspecified atom stereocenters. The molecule has 186 valence electrons. The lowest BCUT2D eigenvalue weighted by Crippen LogP contribution is -2.42. The summed E-state index contributed by atoms with van der Waals surface area (Å²) >= 11 is 0. The minimum absolute atomic E-state index is 0.0395. The van der Waals surface area contributed by atoms with Gasteiger partial charge in [-0.2, -0.15) is 10.4 Å². The molecule has 0 aliphatic carbocycles. The lowest BCUT2D eigenvalue weighted by molar-refractivity contribution is 0.175. The lowest BCUT2D eigenvalue weighted by atomic mass is 9.92. The van der Waals surface area contributed by atoms with Crippen LogP contribution >= 0.6 is 0 Å². The monoisotopic (exact) mass is 489 g/mol. The van der Waals surface area contributed by atoms with E-state index in [-0.39, 0.29) is 11.6 Å². The highest BCUT2D eigenvalue weighted by Gasteiger charge is 2.32. The van der Waals surface area contributed by atoms with Gasteiger partial charge in [0.25, 0.3) is 0 Å². The Bertz CT molecular complexity index is 1330. The predicted octanol–water partition coefficient (Wildman–Crippen LogP) is 5.19. The van der Waals surface area contributed by atoms with Gasteiger partial charge in [0.15, 0.2) is 0 Å². The molecule has 36 heavy (non-hydrogen) atoms. The molecule has 2 aliphatic rings. The summed E-state index contributed by atoms with van der Waals surface area (Å²) in [5.41, 5.74) is 3.18. The van der Waals surface area contributed by atoms with Crippen LogP contribution in [0.3, 0.4) is 0 Å². The maximum absolute atomic E-state index is 14.0. The Morgan fingerprint density at radius 1 is 1.22 bits per heavy atom. The van der Waals surface area contributed by atoms with E-state index in [1.54, 1.807) is 4.90 Å². The standard InChI is InChI=1S/C27H28FN5O3/c1-17-3-5-23-25(33(17)27(34)35-2)8-6-22(19-15-31-32(16-19)20-9-11-30-12-10-20)26(23)36-21-4-7-24(28)18(13-21)14-29/h4,6-8,13,15-17,20,30H,3,5,9-12H2,1-2H3/t17-/m0/s1. The number of nitriles is 1. The molecule has 0 bridgehead atoms. The summed E-state index contributed by atoms with van der Waals surface area (Å²) in [5.74, 6) is 0.305. The molecule has 1 atom stereocenters. The summed E-state index contributed by atoms with van der Waals surface area (Å²) in [6.07, 6.45) is 6.84. The zero-order chi connectivity index (χ0) is 25.2. The molecule has 2 aliphatic heterocycles. The van der Waals surface area contributed by atoms with Gasteiger partial charge in [-0.15, -0.1) is 0 Å². The van der Waals surface area contributed by atoms with Gasteiger partial charge in [0.1, 0.15) is 23.4 Å². The molecular formula is C27H28FN5O3. The number of carbonyl (C=O) groups is 1. The highest BCUT2D eigenvalue weighted by atomic mass is 19.1. The van der Waals surface area contributed by atoms with E-state index in [4.69, 9.17) is 9.47 Å². The molecule has 3 heterocycles. The molecule has 9 heteroatoms. The quantitative estimate of drug-likeness (QED) is 0.543. The van der Waals surface area contributed by atoms with Crippen molar-refractivity contribution in [1.82, 2.24) is 15.1 Å². The van der Waals surface area contributed by atoms with Gasteiger partial charge in [-0.05, 0) is 70.0 Å². The number of rotatable bonds is 4. The minimum atomic E-state index is -0.603. The normalized spacial score (nSPS) is 17.8. The number of anilines is 1. The van der Waals surface area contributed by atoms with Crippen LogP contribution in [0.5, 0.6) is 11.5 Å². The average Bonchev–Trinajstić information content (AvgIpc) is 3.40. The number of fused-ring (bicyclic) bond motifs is 1. The van der Waals surface area contributed by atoms with Crippen molar-refractivity contribution in [3.8, 4) is 28.7 Å². The Kier molecular flexibility index (Phi) is 6.61. The van der Waals surface area contributed by atoms with E-state index >= 15 is 0 Å². The first kappa shape index (κ1) is 23.8. The number of nitrogens with one attached hydrogen (secondary N) is 1. The van der Waals surface area contributed by atoms with Crippen LogP contribution in [0.1, 0.15) is 43.4 Å². The minimum Gasteiger partial charge on any atom is -0.456 e. The van der Waals surface area contributed by atoms with Gasteiger partial charge in [0.05, 0.1) is 30.6 Å². The lowest BCUT2D eigenvalue weighted by Gasteiger charge is -2.35. The van der Waals surface area contributed by atoms with Crippen LogP contribution in [0.4, 0.5) is 14.9 Å². The Hall–Kier alpha value is -3.90. The molecule has 3 aromatic rings. The first-order chi connectivity index (χ1) is 17.5. The van der Waals surface area contributed by atoms with Gasteiger partial charge < -0.3 is 14.8 Å². The second-order valence-electron chi connectivity index (χ2n) is 9.21. The largest absolute Gasteiger partial charge is 0.456 e. The van der Waals surface area contributed by atoms with Gasteiger partial charge in [-0.1, -0.05) is 0 Å². The zero-order valence-electron chi connectivity index (χ0n) is 20.3. The Labute approximate surface area is 209 Å². The molecule has 8 nitrogen and oxygen atoms in total. The number of hydrogen-bond acceptors (Lipinski definition) is 6. The molecule has 1 saturated heterocycles. The average molecular weight is 490 g/mol. The third-order valence-electron chi connectivity index (χ3n) is 6.99. The zero-order valence-corrected chi connectivity index (χ0v) is 20.3. The Morgan fingerprint density at radius 2 is 2.03 bits per heavy atom. The van der Waals surface area contributed by atoms with Crippen LogP contribution in [-0.2, 0) is 11.2 Å². The second-order valence-corrected chi connectivity index (χ2v) is 9.21. The van der Waals surface area contributed by atoms with Crippen LogP contribution in [0, 0.1) is 17.1 Å². The number of aromatic nitrogens is 2. The maximum Gasteiger partial charge on any atom is 0.414 e. The van der Waals surface area contributed by atoms with Crippen molar-refractivity contribution in [1.29, 1.82) is 5.26 Å². The van der Waals surface area contributed by atoms with Crippen LogP contribution in [-0.4, -0.2) is 42.1 Å².